The van der Waals surface area contributed by atoms with Crippen molar-refractivity contribution in [3.63, 3.8) is 0 Å². The van der Waals surface area contributed by atoms with Gasteiger partial charge >= 0.3 is 0 Å². The first kappa shape index (κ1) is 15.7. The molecular weight excluding hydrogens is 212 g/mol. The van der Waals surface area contributed by atoms with E-state index < -0.39 is 8.32 Å². The lowest BCUT2D eigenvalue weighted by molar-refractivity contribution is 0.0442. The quantitative estimate of drug-likeness (QED) is 0.445. The Bertz CT molecular complexity index is 224. The highest BCUT2D eigenvalue weighted by Crippen LogP contribution is 2.32. The fourth-order valence-corrected chi connectivity index (χ4v) is 3.81. The molecule has 0 rings (SSSR count). The van der Waals surface area contributed by atoms with Crippen LogP contribution >= 0.6 is 0 Å². The molecule has 0 saturated carbocycles. The van der Waals surface area contributed by atoms with Crippen LogP contribution in [-0.4, -0.2) is 13.9 Å². The first-order valence-electron chi connectivity index (χ1n) is 6.53. The van der Waals surface area contributed by atoms with E-state index in [1.807, 2.05) is 0 Å². The van der Waals surface area contributed by atoms with Gasteiger partial charge in [-0.15, -0.1) is 12.3 Å². The third-order valence-corrected chi connectivity index (χ3v) is 3.68. The molecule has 0 aromatic carbocycles. The zero-order valence-corrected chi connectivity index (χ0v) is 12.7. The molecule has 0 fully saturated rings. The second kappa shape index (κ2) is 7.14. The molecule has 0 aromatic rings. The van der Waals surface area contributed by atoms with E-state index in [1.54, 1.807) is 0 Å². The molecule has 16 heavy (non-hydrogen) atoms. The Balaban J connectivity index is 4.71. The average molecular weight is 240 g/mol. The maximum Gasteiger partial charge on any atom is 0.184 e. The summed E-state index contributed by atoms with van der Waals surface area (Å²) in [5.74, 6) is 2.82. The SMILES string of the molecule is C#CCC(CCC)(CCCC)O[Si](C)(C)C. The summed E-state index contributed by atoms with van der Waals surface area (Å²) in [5, 5.41) is 0. The topological polar surface area (TPSA) is 9.23 Å². The number of hydrogen-bond acceptors (Lipinski definition) is 1. The summed E-state index contributed by atoms with van der Waals surface area (Å²) < 4.78 is 6.40. The first-order chi connectivity index (χ1) is 7.39. The van der Waals surface area contributed by atoms with Crippen LogP contribution in [0.5, 0.6) is 0 Å². The summed E-state index contributed by atoms with van der Waals surface area (Å²) in [5.41, 5.74) is -0.0377. The molecule has 2 heteroatoms. The minimum absolute atomic E-state index is 0.0377. The Hall–Kier alpha value is -0.263. The van der Waals surface area contributed by atoms with Crippen LogP contribution in [-0.2, 0) is 4.43 Å². The Labute approximate surface area is 103 Å². The van der Waals surface area contributed by atoms with Crippen molar-refractivity contribution in [3.05, 3.63) is 0 Å². The summed E-state index contributed by atoms with van der Waals surface area (Å²) in [7, 11) is -1.51. The standard InChI is InChI=1S/C14H28OSi/c1-7-10-13-14(11-8-2,12-9-3)15-16(4,5)6/h2H,7,9-13H2,1,3-6H3. The number of unbranched alkanes of at least 4 members (excludes halogenated alkanes) is 1. The van der Waals surface area contributed by atoms with Crippen LogP contribution < -0.4 is 0 Å². The molecule has 0 aromatic heterocycles. The van der Waals surface area contributed by atoms with Crippen LogP contribution in [0, 0.1) is 12.3 Å². The molecule has 1 atom stereocenters. The van der Waals surface area contributed by atoms with Gasteiger partial charge in [0.1, 0.15) is 0 Å². The average Bonchev–Trinajstić information content (AvgIpc) is 2.13. The van der Waals surface area contributed by atoms with Gasteiger partial charge in [0.05, 0.1) is 5.60 Å². The van der Waals surface area contributed by atoms with Crippen molar-refractivity contribution in [1.29, 1.82) is 0 Å². The minimum atomic E-state index is -1.51. The van der Waals surface area contributed by atoms with Gasteiger partial charge in [-0.3, -0.25) is 0 Å². The maximum atomic E-state index is 6.40. The van der Waals surface area contributed by atoms with E-state index in [-0.39, 0.29) is 5.60 Å². The molecular formula is C14H28OSi. The van der Waals surface area contributed by atoms with E-state index in [9.17, 15) is 0 Å². The van der Waals surface area contributed by atoms with Crippen LogP contribution in [0.2, 0.25) is 19.6 Å². The largest absolute Gasteiger partial charge is 0.411 e. The number of terminal acetylenes is 1. The van der Waals surface area contributed by atoms with Crippen LogP contribution in [0.4, 0.5) is 0 Å². The lowest BCUT2D eigenvalue weighted by Crippen LogP contribution is -2.42. The van der Waals surface area contributed by atoms with Crippen molar-refractivity contribution >= 4 is 8.32 Å². The van der Waals surface area contributed by atoms with Crippen molar-refractivity contribution in [2.75, 3.05) is 0 Å². The summed E-state index contributed by atoms with van der Waals surface area (Å²) in [6.07, 6.45) is 12.1. The molecule has 0 heterocycles. The zero-order chi connectivity index (χ0) is 12.7. The molecule has 0 saturated heterocycles. The summed E-state index contributed by atoms with van der Waals surface area (Å²) in [4.78, 5) is 0. The first-order valence-corrected chi connectivity index (χ1v) is 9.93. The third kappa shape index (κ3) is 6.35. The van der Waals surface area contributed by atoms with Crippen LogP contribution in [0.1, 0.15) is 52.4 Å². The van der Waals surface area contributed by atoms with Gasteiger partial charge in [0.15, 0.2) is 8.32 Å². The monoisotopic (exact) mass is 240 g/mol. The molecule has 0 aliphatic carbocycles. The molecule has 94 valence electrons. The molecule has 0 aliphatic rings. The van der Waals surface area contributed by atoms with Crippen LogP contribution in [0.3, 0.4) is 0 Å². The van der Waals surface area contributed by atoms with E-state index in [1.165, 1.54) is 12.8 Å². The normalized spacial score (nSPS) is 15.5. The van der Waals surface area contributed by atoms with Gasteiger partial charge in [-0.05, 0) is 32.5 Å². The molecule has 1 nitrogen and oxygen atoms in total. The van der Waals surface area contributed by atoms with Crippen molar-refractivity contribution in [1.82, 2.24) is 0 Å². The zero-order valence-electron chi connectivity index (χ0n) is 11.7. The molecule has 1 unspecified atom stereocenters. The van der Waals surface area contributed by atoms with Crippen molar-refractivity contribution < 1.29 is 4.43 Å². The fraction of sp³-hybridized carbons (Fsp3) is 0.857. The van der Waals surface area contributed by atoms with Crippen LogP contribution in [0.25, 0.3) is 0 Å². The molecule has 0 radical (unpaired) electrons. The minimum Gasteiger partial charge on any atom is -0.411 e. The highest BCUT2D eigenvalue weighted by atomic mass is 28.4. The van der Waals surface area contributed by atoms with Gasteiger partial charge in [-0.1, -0.05) is 33.1 Å². The van der Waals surface area contributed by atoms with Crippen molar-refractivity contribution in [3.8, 4) is 12.3 Å². The van der Waals surface area contributed by atoms with E-state index in [4.69, 9.17) is 10.8 Å². The second-order valence-electron chi connectivity index (χ2n) is 5.63. The summed E-state index contributed by atoms with van der Waals surface area (Å²) in [6.45, 7) is 11.2. The van der Waals surface area contributed by atoms with E-state index in [2.05, 4.69) is 39.4 Å². The van der Waals surface area contributed by atoms with Gasteiger partial charge in [-0.2, -0.15) is 0 Å². The van der Waals surface area contributed by atoms with Gasteiger partial charge < -0.3 is 4.43 Å². The highest BCUT2D eigenvalue weighted by Gasteiger charge is 2.33. The Morgan fingerprint density at radius 2 is 1.75 bits per heavy atom. The Kier molecular flexibility index (Phi) is 7.02. The smallest absolute Gasteiger partial charge is 0.184 e. The van der Waals surface area contributed by atoms with Gasteiger partial charge in [0, 0.05) is 6.42 Å². The number of hydrogen-bond donors (Lipinski definition) is 0. The summed E-state index contributed by atoms with van der Waals surface area (Å²) in [6, 6.07) is 0. The maximum absolute atomic E-state index is 6.40. The molecule has 0 bridgehead atoms. The molecule has 0 spiro atoms. The molecule has 0 N–H and O–H groups in total. The second-order valence-corrected chi connectivity index (χ2v) is 10.1. The summed E-state index contributed by atoms with van der Waals surface area (Å²) >= 11 is 0. The van der Waals surface area contributed by atoms with E-state index in [0.717, 1.165) is 25.7 Å². The van der Waals surface area contributed by atoms with Crippen LogP contribution in [0.15, 0.2) is 0 Å². The fourth-order valence-electron chi connectivity index (χ4n) is 2.23. The molecule has 0 aliphatic heterocycles. The lowest BCUT2D eigenvalue weighted by atomic mass is 9.89. The van der Waals surface area contributed by atoms with E-state index >= 15 is 0 Å². The van der Waals surface area contributed by atoms with Crippen molar-refractivity contribution in [2.45, 2.75) is 77.6 Å². The Morgan fingerprint density at radius 3 is 2.12 bits per heavy atom. The number of rotatable bonds is 8. The van der Waals surface area contributed by atoms with Gasteiger partial charge in [0.25, 0.3) is 0 Å². The van der Waals surface area contributed by atoms with Crippen molar-refractivity contribution in [2.24, 2.45) is 0 Å². The van der Waals surface area contributed by atoms with Gasteiger partial charge in [0.2, 0.25) is 0 Å². The highest BCUT2D eigenvalue weighted by molar-refractivity contribution is 6.69. The lowest BCUT2D eigenvalue weighted by Gasteiger charge is -2.38. The predicted molar refractivity (Wildman–Crippen MR) is 75.0 cm³/mol. The molecule has 0 amide bonds. The predicted octanol–water partition coefficient (Wildman–Crippen LogP) is 4.59. The van der Waals surface area contributed by atoms with E-state index in [0.29, 0.717) is 0 Å². The third-order valence-electron chi connectivity index (χ3n) is 2.64. The Morgan fingerprint density at radius 1 is 1.12 bits per heavy atom. The van der Waals surface area contributed by atoms with Gasteiger partial charge in [-0.25, -0.2) is 0 Å².